The lowest BCUT2D eigenvalue weighted by atomic mass is 10.2. The van der Waals surface area contributed by atoms with Crippen LogP contribution in [0.3, 0.4) is 0 Å². The zero-order chi connectivity index (χ0) is 27.6. The van der Waals surface area contributed by atoms with E-state index in [0.29, 0.717) is 15.6 Å². The minimum absolute atomic E-state index is 0.270. The smallest absolute Gasteiger partial charge is 0.339 e. The maximum Gasteiger partial charge on any atom is 0.339 e. The first-order valence-corrected chi connectivity index (χ1v) is 12.8. The molecule has 38 heavy (non-hydrogen) atoms. The Morgan fingerprint density at radius 1 is 1.00 bits per heavy atom. The predicted octanol–water partition coefficient (Wildman–Crippen LogP) is 5.65. The second-order valence-corrected chi connectivity index (χ2v) is 9.54. The van der Waals surface area contributed by atoms with Crippen LogP contribution in [-0.4, -0.2) is 38.9 Å². The molecule has 8 nitrogen and oxygen atoms in total. The van der Waals surface area contributed by atoms with Gasteiger partial charge in [-0.3, -0.25) is 0 Å². The predicted molar refractivity (Wildman–Crippen MR) is 151 cm³/mol. The number of esters is 1. The van der Waals surface area contributed by atoms with Gasteiger partial charge in [-0.05, 0) is 25.1 Å². The molecule has 0 bridgehead atoms. The molecule has 3 aromatic rings. The Hall–Kier alpha value is -3.30. The minimum Gasteiger partial charge on any atom is -0.465 e. The van der Waals surface area contributed by atoms with E-state index in [9.17, 15) is 4.79 Å². The molecule has 0 N–H and O–H groups in total. The largest absolute Gasteiger partial charge is 0.465 e. The molecule has 4 rings (SSSR count). The number of ether oxygens (including phenoxy) is 1. The van der Waals surface area contributed by atoms with Gasteiger partial charge in [-0.1, -0.05) is 41.4 Å². The standard InChI is InChI=1S/C28H31Cl2N4O4/c1-7-34-25-16-21(30)19(28(35)36-5)14-23(25)33(4)27(34)12-10-8-9-11-26-31(2)22-13-18(17-38-37-6)20(29)15-24(22)32(26)3/h8-16H,7,17H2,1-6H3/q+1. The number of allylic oxidation sites excluding steroid dienone is 4. The summed E-state index contributed by atoms with van der Waals surface area (Å²) in [5.41, 5.74) is 5.08. The molecular weight excluding hydrogens is 527 g/mol. The van der Waals surface area contributed by atoms with Crippen LogP contribution < -0.4 is 14.4 Å². The summed E-state index contributed by atoms with van der Waals surface area (Å²) in [5, 5.41) is 0.990. The second kappa shape index (κ2) is 11.6. The molecule has 0 saturated carbocycles. The van der Waals surface area contributed by atoms with Crippen LogP contribution in [0.15, 0.2) is 54.4 Å². The molecule has 0 amide bonds. The zero-order valence-corrected chi connectivity index (χ0v) is 23.8. The first-order chi connectivity index (χ1) is 18.2. The Labute approximate surface area is 232 Å². The fraction of sp³-hybridized carbons (Fsp3) is 0.286. The van der Waals surface area contributed by atoms with E-state index in [-0.39, 0.29) is 6.61 Å². The number of anilines is 2. The molecular formula is C28H31Cl2N4O4+. The third-order valence-electron chi connectivity index (χ3n) is 6.66. The van der Waals surface area contributed by atoms with Crippen molar-refractivity contribution in [2.24, 2.45) is 7.05 Å². The van der Waals surface area contributed by atoms with Crippen molar-refractivity contribution in [1.29, 1.82) is 0 Å². The van der Waals surface area contributed by atoms with Crippen LogP contribution in [0.2, 0.25) is 10.0 Å². The normalized spacial score (nSPS) is 14.6. The Balaban J connectivity index is 1.59. The molecule has 1 aromatic heterocycles. The Morgan fingerprint density at radius 3 is 2.37 bits per heavy atom. The van der Waals surface area contributed by atoms with Crippen LogP contribution in [0.1, 0.15) is 28.7 Å². The van der Waals surface area contributed by atoms with Crippen LogP contribution in [0.25, 0.3) is 17.1 Å². The third kappa shape index (κ3) is 5.05. The van der Waals surface area contributed by atoms with Crippen molar-refractivity contribution in [3.63, 3.8) is 0 Å². The van der Waals surface area contributed by atoms with Crippen molar-refractivity contribution >= 4 is 57.7 Å². The molecule has 0 atom stereocenters. The number of halogens is 2. The lowest BCUT2D eigenvalue weighted by Crippen LogP contribution is -2.31. The second-order valence-electron chi connectivity index (χ2n) is 8.72. The van der Waals surface area contributed by atoms with Gasteiger partial charge in [0.15, 0.2) is 11.0 Å². The number of fused-ring (bicyclic) bond motifs is 2. The number of hydrogen-bond donors (Lipinski definition) is 0. The third-order valence-corrected chi connectivity index (χ3v) is 7.32. The first-order valence-electron chi connectivity index (χ1n) is 12.0. The molecule has 1 aliphatic heterocycles. The number of benzene rings is 2. The quantitative estimate of drug-likeness (QED) is 0.117. The van der Waals surface area contributed by atoms with Crippen LogP contribution in [0.4, 0.5) is 11.4 Å². The summed E-state index contributed by atoms with van der Waals surface area (Å²) in [7, 11) is 8.81. The highest BCUT2D eigenvalue weighted by Crippen LogP contribution is 2.42. The molecule has 2 heterocycles. The van der Waals surface area contributed by atoms with Gasteiger partial charge in [-0.2, -0.15) is 0 Å². The van der Waals surface area contributed by atoms with Crippen molar-refractivity contribution in [2.75, 3.05) is 38.1 Å². The van der Waals surface area contributed by atoms with Crippen molar-refractivity contribution in [2.45, 2.75) is 20.1 Å². The van der Waals surface area contributed by atoms with Gasteiger partial charge in [0.05, 0.1) is 49.8 Å². The van der Waals surface area contributed by atoms with Gasteiger partial charge < -0.3 is 14.5 Å². The molecule has 0 radical (unpaired) electrons. The average molecular weight is 558 g/mol. The fourth-order valence-electron chi connectivity index (χ4n) is 4.67. The van der Waals surface area contributed by atoms with Gasteiger partial charge in [0.2, 0.25) is 0 Å². The lowest BCUT2D eigenvalue weighted by Gasteiger charge is -2.17. The SMILES string of the molecule is CCn1c(/C=C/C=C/C=C2\N(C)c3cc(Cl)c(COOC)cc3N2C)[n+](C)c2cc(C(=O)OC)c(Cl)cc21. The van der Waals surface area contributed by atoms with E-state index in [4.69, 9.17) is 37.7 Å². The molecule has 0 aliphatic carbocycles. The summed E-state index contributed by atoms with van der Waals surface area (Å²) in [6.45, 7) is 3.08. The van der Waals surface area contributed by atoms with E-state index < -0.39 is 5.97 Å². The number of imidazole rings is 1. The van der Waals surface area contributed by atoms with E-state index in [1.165, 1.54) is 14.2 Å². The minimum atomic E-state index is -0.458. The van der Waals surface area contributed by atoms with Crippen molar-refractivity contribution in [3.8, 4) is 0 Å². The summed E-state index contributed by atoms with van der Waals surface area (Å²) in [6, 6.07) is 7.54. The monoisotopic (exact) mass is 557 g/mol. The zero-order valence-electron chi connectivity index (χ0n) is 22.3. The van der Waals surface area contributed by atoms with E-state index >= 15 is 0 Å². The van der Waals surface area contributed by atoms with E-state index in [0.717, 1.165) is 46.2 Å². The average Bonchev–Trinajstić information content (AvgIpc) is 3.29. The van der Waals surface area contributed by atoms with E-state index in [1.807, 2.05) is 74.3 Å². The van der Waals surface area contributed by atoms with Crippen LogP contribution in [-0.2, 0) is 34.7 Å². The molecule has 0 fully saturated rings. The first kappa shape index (κ1) is 27.7. The van der Waals surface area contributed by atoms with Gasteiger partial charge in [-0.15, -0.1) is 0 Å². The van der Waals surface area contributed by atoms with Gasteiger partial charge in [0.25, 0.3) is 5.82 Å². The Morgan fingerprint density at radius 2 is 1.71 bits per heavy atom. The molecule has 0 saturated heterocycles. The molecule has 0 spiro atoms. The van der Waals surface area contributed by atoms with Gasteiger partial charge in [0, 0.05) is 42.9 Å². The fourth-order valence-corrected chi connectivity index (χ4v) is 5.12. The summed E-state index contributed by atoms with van der Waals surface area (Å²) >= 11 is 12.8. The number of aromatic nitrogens is 2. The number of hydrogen-bond acceptors (Lipinski definition) is 6. The number of methoxy groups -OCH3 is 1. The summed E-state index contributed by atoms with van der Waals surface area (Å²) < 4.78 is 9.06. The highest BCUT2D eigenvalue weighted by atomic mass is 35.5. The highest BCUT2D eigenvalue weighted by Gasteiger charge is 2.27. The summed E-state index contributed by atoms with van der Waals surface area (Å²) in [6.07, 6.45) is 10.0. The van der Waals surface area contributed by atoms with Gasteiger partial charge in [-0.25, -0.2) is 23.7 Å². The van der Waals surface area contributed by atoms with Crippen LogP contribution >= 0.6 is 23.2 Å². The van der Waals surface area contributed by atoms with Gasteiger partial charge in [0.1, 0.15) is 12.4 Å². The van der Waals surface area contributed by atoms with E-state index in [1.54, 1.807) is 6.07 Å². The lowest BCUT2D eigenvalue weighted by molar-refractivity contribution is -0.647. The topological polar surface area (TPSA) is 60.0 Å². The number of carbonyl (C=O) groups excluding carboxylic acids is 1. The molecule has 200 valence electrons. The molecule has 2 aromatic carbocycles. The Bertz CT molecular complexity index is 1480. The highest BCUT2D eigenvalue weighted by molar-refractivity contribution is 6.34. The molecule has 0 unspecified atom stereocenters. The van der Waals surface area contributed by atoms with Gasteiger partial charge >= 0.3 is 5.97 Å². The van der Waals surface area contributed by atoms with E-state index in [2.05, 4.69) is 21.3 Å². The summed E-state index contributed by atoms with van der Waals surface area (Å²) in [4.78, 5) is 26.1. The van der Waals surface area contributed by atoms with Crippen LogP contribution in [0, 0.1) is 0 Å². The van der Waals surface area contributed by atoms with Crippen molar-refractivity contribution in [1.82, 2.24) is 4.57 Å². The Kier molecular flexibility index (Phi) is 8.47. The number of aryl methyl sites for hydroxylation is 2. The number of rotatable bonds is 8. The molecule has 10 heteroatoms. The molecule has 1 aliphatic rings. The summed E-state index contributed by atoms with van der Waals surface area (Å²) in [5.74, 6) is 1.52. The van der Waals surface area contributed by atoms with Crippen molar-refractivity contribution in [3.05, 3.63) is 81.4 Å². The maximum absolute atomic E-state index is 12.1. The maximum atomic E-state index is 12.1. The van der Waals surface area contributed by atoms with Crippen LogP contribution in [0.5, 0.6) is 0 Å². The van der Waals surface area contributed by atoms with Crippen molar-refractivity contribution < 1.29 is 23.9 Å². The number of carbonyl (C=O) groups is 1. The number of nitrogens with zero attached hydrogens (tertiary/aromatic N) is 4.